The Bertz CT molecular complexity index is 654. The van der Waals surface area contributed by atoms with Crippen molar-refractivity contribution < 1.29 is 9.18 Å². The number of nitrogens with one attached hydrogen (secondary N) is 1. The Morgan fingerprint density at radius 1 is 1.19 bits per heavy atom. The van der Waals surface area contributed by atoms with Crippen LogP contribution in [0.1, 0.15) is 24.0 Å². The van der Waals surface area contributed by atoms with Gasteiger partial charge >= 0.3 is 6.03 Å². The summed E-state index contributed by atoms with van der Waals surface area (Å²) < 4.78 is 12.9. The van der Waals surface area contributed by atoms with Crippen LogP contribution in [0.2, 0.25) is 0 Å². The van der Waals surface area contributed by atoms with Gasteiger partial charge < -0.3 is 10.2 Å². The molecule has 0 saturated carbocycles. The summed E-state index contributed by atoms with van der Waals surface area (Å²) in [6.07, 6.45) is 0. The van der Waals surface area contributed by atoms with Crippen molar-refractivity contribution in [1.82, 2.24) is 4.90 Å². The van der Waals surface area contributed by atoms with E-state index in [9.17, 15) is 9.18 Å². The molecule has 3 rings (SSSR count). The van der Waals surface area contributed by atoms with Crippen molar-refractivity contribution in [2.24, 2.45) is 0 Å². The molecule has 2 aromatic rings. The van der Waals surface area contributed by atoms with Crippen molar-refractivity contribution in [3.05, 3.63) is 65.5 Å². The van der Waals surface area contributed by atoms with Crippen LogP contribution < -0.4 is 5.32 Å². The van der Waals surface area contributed by atoms with Gasteiger partial charge in [0.25, 0.3) is 0 Å². The predicted octanol–water partition coefficient (Wildman–Crippen LogP) is 3.98. The van der Waals surface area contributed by atoms with Crippen molar-refractivity contribution in [3.8, 4) is 0 Å². The number of carbonyl (C=O) groups excluding carboxylic acids is 1. The van der Waals surface area contributed by atoms with E-state index >= 15 is 0 Å². The Morgan fingerprint density at radius 3 is 2.67 bits per heavy atom. The van der Waals surface area contributed by atoms with Crippen molar-refractivity contribution in [2.75, 3.05) is 11.9 Å². The Kier molecular flexibility index (Phi) is 3.60. The number of fused-ring (bicyclic) bond motifs is 1. The molecule has 0 saturated heterocycles. The molecule has 108 valence electrons. The third-order valence-electron chi connectivity index (χ3n) is 3.82. The van der Waals surface area contributed by atoms with Gasteiger partial charge in [0.05, 0.1) is 0 Å². The van der Waals surface area contributed by atoms with Gasteiger partial charge in [0.15, 0.2) is 0 Å². The molecule has 2 amide bonds. The maximum atomic E-state index is 12.9. The summed E-state index contributed by atoms with van der Waals surface area (Å²) in [6, 6.07) is 13.9. The van der Waals surface area contributed by atoms with Crippen molar-refractivity contribution in [2.45, 2.75) is 19.4 Å². The molecule has 1 atom stereocenters. The van der Waals surface area contributed by atoms with Crippen LogP contribution in [-0.2, 0) is 6.54 Å². The lowest BCUT2D eigenvalue weighted by Crippen LogP contribution is -2.40. The normalized spacial score (nSPS) is 17.2. The molecule has 0 aromatic heterocycles. The largest absolute Gasteiger partial charge is 0.322 e. The highest BCUT2D eigenvalue weighted by Crippen LogP contribution is 2.28. The number of carbonyl (C=O) groups is 1. The zero-order chi connectivity index (χ0) is 14.8. The maximum Gasteiger partial charge on any atom is 0.322 e. The highest BCUT2D eigenvalue weighted by molar-refractivity contribution is 5.89. The molecule has 0 radical (unpaired) electrons. The Labute approximate surface area is 123 Å². The average molecular weight is 284 g/mol. The second-order valence-electron chi connectivity index (χ2n) is 5.42. The smallest absolute Gasteiger partial charge is 0.320 e. The van der Waals surface area contributed by atoms with Crippen LogP contribution in [0.15, 0.2) is 48.5 Å². The molecule has 0 bridgehead atoms. The van der Waals surface area contributed by atoms with Crippen molar-refractivity contribution in [3.63, 3.8) is 0 Å². The summed E-state index contributed by atoms with van der Waals surface area (Å²) in [6.45, 7) is 3.41. The molecule has 1 aliphatic heterocycles. The lowest BCUT2D eigenvalue weighted by molar-refractivity contribution is 0.201. The fourth-order valence-electron chi connectivity index (χ4n) is 2.75. The Hall–Kier alpha value is -2.36. The van der Waals surface area contributed by atoms with Gasteiger partial charge in [-0.25, -0.2) is 9.18 Å². The topological polar surface area (TPSA) is 32.3 Å². The quantitative estimate of drug-likeness (QED) is 0.844. The lowest BCUT2D eigenvalue weighted by atomic mass is 9.91. The predicted molar refractivity (Wildman–Crippen MR) is 80.7 cm³/mol. The average Bonchev–Trinajstić information content (AvgIpc) is 2.49. The first-order valence-corrected chi connectivity index (χ1v) is 7.03. The minimum absolute atomic E-state index is 0.150. The van der Waals surface area contributed by atoms with Crippen LogP contribution in [0, 0.1) is 5.82 Å². The zero-order valence-electron chi connectivity index (χ0n) is 11.8. The number of amides is 2. The van der Waals surface area contributed by atoms with Gasteiger partial charge in [-0.05, 0) is 41.3 Å². The van der Waals surface area contributed by atoms with Gasteiger partial charge in [0.1, 0.15) is 5.82 Å². The first kappa shape index (κ1) is 13.6. The third kappa shape index (κ3) is 2.89. The van der Waals surface area contributed by atoms with Gasteiger partial charge in [0, 0.05) is 18.8 Å². The summed E-state index contributed by atoms with van der Waals surface area (Å²) in [4.78, 5) is 14.1. The van der Waals surface area contributed by atoms with Gasteiger partial charge in [-0.15, -0.1) is 0 Å². The molecule has 2 aromatic carbocycles. The van der Waals surface area contributed by atoms with E-state index in [1.807, 2.05) is 12.1 Å². The number of benzene rings is 2. The molecule has 0 aliphatic carbocycles. The fraction of sp³-hybridized carbons (Fsp3) is 0.235. The van der Waals surface area contributed by atoms with Crippen LogP contribution >= 0.6 is 0 Å². The highest BCUT2D eigenvalue weighted by atomic mass is 19.1. The van der Waals surface area contributed by atoms with E-state index in [2.05, 4.69) is 24.4 Å². The minimum atomic E-state index is -0.312. The molecule has 4 heteroatoms. The number of anilines is 1. The Morgan fingerprint density at radius 2 is 1.90 bits per heavy atom. The number of nitrogens with zero attached hydrogens (tertiary/aromatic N) is 1. The Balaban J connectivity index is 1.73. The summed E-state index contributed by atoms with van der Waals surface area (Å²) in [5.74, 6) is 0.00226. The van der Waals surface area contributed by atoms with Crippen LogP contribution in [0.4, 0.5) is 14.9 Å². The second-order valence-corrected chi connectivity index (χ2v) is 5.42. The first-order chi connectivity index (χ1) is 10.1. The van der Waals surface area contributed by atoms with Gasteiger partial charge in [-0.3, -0.25) is 0 Å². The van der Waals surface area contributed by atoms with Crippen LogP contribution in [-0.4, -0.2) is 17.5 Å². The molecular weight excluding hydrogens is 267 g/mol. The number of hydrogen-bond donors (Lipinski definition) is 1. The van der Waals surface area contributed by atoms with Gasteiger partial charge in [0.2, 0.25) is 0 Å². The molecule has 1 unspecified atom stereocenters. The molecule has 0 spiro atoms. The van der Waals surface area contributed by atoms with Crippen molar-refractivity contribution >= 4 is 11.7 Å². The molecule has 0 fully saturated rings. The fourth-order valence-corrected chi connectivity index (χ4v) is 2.75. The summed E-state index contributed by atoms with van der Waals surface area (Å²) in [5.41, 5.74) is 3.10. The van der Waals surface area contributed by atoms with Gasteiger partial charge in [-0.2, -0.15) is 0 Å². The molecular formula is C17H17FN2O. The minimum Gasteiger partial charge on any atom is -0.320 e. The highest BCUT2D eigenvalue weighted by Gasteiger charge is 2.25. The summed E-state index contributed by atoms with van der Waals surface area (Å²) >= 11 is 0. The number of urea groups is 1. The molecule has 21 heavy (non-hydrogen) atoms. The van der Waals surface area contributed by atoms with Crippen LogP contribution in [0.5, 0.6) is 0 Å². The van der Waals surface area contributed by atoms with Crippen molar-refractivity contribution in [1.29, 1.82) is 0 Å². The summed E-state index contributed by atoms with van der Waals surface area (Å²) in [7, 11) is 0. The zero-order valence-corrected chi connectivity index (χ0v) is 11.8. The number of rotatable bonds is 1. The third-order valence-corrected chi connectivity index (χ3v) is 3.82. The van der Waals surface area contributed by atoms with E-state index in [0.717, 1.165) is 0 Å². The van der Waals surface area contributed by atoms with Gasteiger partial charge in [-0.1, -0.05) is 31.2 Å². The lowest BCUT2D eigenvalue weighted by Gasteiger charge is -2.33. The second kappa shape index (κ2) is 5.56. The van der Waals surface area contributed by atoms with Crippen LogP contribution in [0.25, 0.3) is 0 Å². The van der Waals surface area contributed by atoms with E-state index < -0.39 is 0 Å². The molecule has 1 aliphatic rings. The van der Waals surface area contributed by atoms with E-state index in [1.165, 1.54) is 23.3 Å². The number of halogens is 1. The molecule has 1 N–H and O–H groups in total. The monoisotopic (exact) mass is 284 g/mol. The summed E-state index contributed by atoms with van der Waals surface area (Å²) in [5, 5.41) is 2.81. The number of hydrogen-bond acceptors (Lipinski definition) is 1. The molecule has 1 heterocycles. The van der Waals surface area contributed by atoms with E-state index in [4.69, 9.17) is 0 Å². The van der Waals surface area contributed by atoms with Crippen LogP contribution in [0.3, 0.4) is 0 Å². The maximum absolute atomic E-state index is 12.9. The van der Waals surface area contributed by atoms with E-state index in [-0.39, 0.29) is 11.8 Å². The molecule has 3 nitrogen and oxygen atoms in total. The first-order valence-electron chi connectivity index (χ1n) is 7.03. The SMILES string of the molecule is CC1CN(C(=O)Nc2ccc(F)cc2)Cc2ccccc21. The van der Waals surface area contributed by atoms with E-state index in [0.29, 0.717) is 24.7 Å². The standard InChI is InChI=1S/C17H17FN2O/c1-12-10-20(11-13-4-2-3-5-16(12)13)17(21)19-15-8-6-14(18)7-9-15/h2-9,12H,10-11H2,1H3,(H,19,21). The van der Waals surface area contributed by atoms with E-state index in [1.54, 1.807) is 17.0 Å².